The number of carbonyl (C=O) groups excluding carboxylic acids is 1. The highest BCUT2D eigenvalue weighted by Crippen LogP contribution is 2.19. The molecule has 3 nitrogen and oxygen atoms in total. The monoisotopic (exact) mass is 211 g/mol. The van der Waals surface area contributed by atoms with E-state index in [2.05, 4.69) is 0 Å². The second kappa shape index (κ2) is 3.59. The molecule has 0 radical (unpaired) electrons. The molecular formula is C10H10ClNO2. The maximum Gasteiger partial charge on any atom is 0.327 e. The van der Waals surface area contributed by atoms with Crippen LogP contribution in [-0.4, -0.2) is 18.1 Å². The Bertz CT molecular complexity index is 350. The molecule has 1 aromatic rings. The van der Waals surface area contributed by atoms with Crippen molar-refractivity contribution < 1.29 is 9.53 Å². The van der Waals surface area contributed by atoms with E-state index in [1.807, 2.05) is 24.3 Å². The molecule has 4 heteroatoms. The summed E-state index contributed by atoms with van der Waals surface area (Å²) in [5.74, 6) is -0.316. The number of esters is 1. The molecule has 1 heterocycles. The summed E-state index contributed by atoms with van der Waals surface area (Å²) >= 11 is 5.74. The van der Waals surface area contributed by atoms with Crippen LogP contribution in [0.3, 0.4) is 0 Å². The summed E-state index contributed by atoms with van der Waals surface area (Å²) in [6.45, 7) is 0. The van der Waals surface area contributed by atoms with E-state index in [4.69, 9.17) is 22.1 Å². The van der Waals surface area contributed by atoms with E-state index in [-0.39, 0.29) is 12.1 Å². The molecule has 1 saturated heterocycles. The lowest BCUT2D eigenvalue weighted by Gasteiger charge is -2.32. The van der Waals surface area contributed by atoms with Crippen molar-refractivity contribution in [2.24, 2.45) is 5.73 Å². The highest BCUT2D eigenvalue weighted by molar-refractivity contribution is 6.30. The first-order valence-corrected chi connectivity index (χ1v) is 4.75. The van der Waals surface area contributed by atoms with Crippen LogP contribution in [0.4, 0.5) is 0 Å². The Morgan fingerprint density at radius 2 is 2.00 bits per heavy atom. The van der Waals surface area contributed by atoms with Gasteiger partial charge < -0.3 is 10.5 Å². The molecule has 0 amide bonds. The summed E-state index contributed by atoms with van der Waals surface area (Å²) in [6.07, 6.45) is 0.480. The second-order valence-electron chi connectivity index (χ2n) is 3.33. The van der Waals surface area contributed by atoms with Gasteiger partial charge >= 0.3 is 5.97 Å². The fraction of sp³-hybridized carbons (Fsp3) is 0.300. The average Bonchev–Trinajstić information content (AvgIpc) is 2.20. The predicted octanol–water partition coefficient (Wildman–Crippen LogP) is 1.14. The van der Waals surface area contributed by atoms with E-state index in [9.17, 15) is 4.79 Å². The Kier molecular flexibility index (Phi) is 2.44. The number of ether oxygens (including phenoxy) is 1. The summed E-state index contributed by atoms with van der Waals surface area (Å²) in [7, 11) is 0. The molecule has 0 spiro atoms. The lowest BCUT2D eigenvalue weighted by atomic mass is 9.99. The number of hydrogen-bond acceptors (Lipinski definition) is 3. The molecule has 0 bridgehead atoms. The van der Waals surface area contributed by atoms with Gasteiger partial charge in [0.1, 0.15) is 12.1 Å². The minimum Gasteiger partial charge on any atom is -0.458 e. The summed E-state index contributed by atoms with van der Waals surface area (Å²) < 4.78 is 4.89. The molecule has 0 aliphatic carbocycles. The summed E-state index contributed by atoms with van der Waals surface area (Å²) in [6, 6.07) is 6.96. The number of hydrogen-bond donors (Lipinski definition) is 1. The Hall–Kier alpha value is -1.06. The second-order valence-corrected chi connectivity index (χ2v) is 3.77. The zero-order chi connectivity index (χ0) is 10.1. The first-order valence-electron chi connectivity index (χ1n) is 4.37. The maximum atomic E-state index is 10.7. The van der Waals surface area contributed by atoms with Crippen LogP contribution in [0.5, 0.6) is 0 Å². The topological polar surface area (TPSA) is 52.3 Å². The van der Waals surface area contributed by atoms with Gasteiger partial charge in [0.05, 0.1) is 0 Å². The van der Waals surface area contributed by atoms with Crippen molar-refractivity contribution in [3.8, 4) is 0 Å². The van der Waals surface area contributed by atoms with Crippen molar-refractivity contribution in [1.82, 2.24) is 0 Å². The van der Waals surface area contributed by atoms with Gasteiger partial charge in [-0.25, -0.2) is 0 Å². The number of rotatable bonds is 2. The number of carbonyl (C=O) groups is 1. The molecule has 1 aromatic carbocycles. The zero-order valence-corrected chi connectivity index (χ0v) is 8.20. The standard InChI is InChI=1S/C10H10ClNO2/c11-7-3-1-6(2-4-7)5-8-9(12)10(13)14-8/h1-4,8-9H,5,12H2/t8-,9+/m1/s1. The highest BCUT2D eigenvalue weighted by atomic mass is 35.5. The number of cyclic esters (lactones) is 1. The van der Waals surface area contributed by atoms with Crippen LogP contribution < -0.4 is 5.73 Å². The highest BCUT2D eigenvalue weighted by Gasteiger charge is 2.38. The number of benzene rings is 1. The molecule has 14 heavy (non-hydrogen) atoms. The van der Waals surface area contributed by atoms with Gasteiger partial charge in [0.15, 0.2) is 0 Å². The van der Waals surface area contributed by atoms with Gasteiger partial charge in [-0.1, -0.05) is 23.7 Å². The van der Waals surface area contributed by atoms with Gasteiger partial charge in [0, 0.05) is 11.4 Å². The van der Waals surface area contributed by atoms with E-state index < -0.39 is 6.04 Å². The predicted molar refractivity (Wildman–Crippen MR) is 53.0 cm³/mol. The van der Waals surface area contributed by atoms with Crippen molar-refractivity contribution in [3.63, 3.8) is 0 Å². The lowest BCUT2D eigenvalue weighted by Crippen LogP contribution is -2.56. The molecule has 0 aromatic heterocycles. The van der Waals surface area contributed by atoms with Crippen molar-refractivity contribution in [2.45, 2.75) is 18.6 Å². The van der Waals surface area contributed by atoms with Crippen LogP contribution >= 0.6 is 11.6 Å². The zero-order valence-electron chi connectivity index (χ0n) is 7.44. The number of nitrogens with two attached hydrogens (primary N) is 1. The van der Waals surface area contributed by atoms with E-state index in [1.165, 1.54) is 0 Å². The lowest BCUT2D eigenvalue weighted by molar-refractivity contribution is -0.173. The summed E-state index contributed by atoms with van der Waals surface area (Å²) in [4.78, 5) is 10.7. The molecular weight excluding hydrogens is 202 g/mol. The molecule has 2 rings (SSSR count). The van der Waals surface area contributed by atoms with E-state index in [0.717, 1.165) is 5.56 Å². The smallest absolute Gasteiger partial charge is 0.327 e. The van der Waals surface area contributed by atoms with E-state index >= 15 is 0 Å². The Balaban J connectivity index is 1.98. The van der Waals surface area contributed by atoms with Gasteiger partial charge in [-0.15, -0.1) is 0 Å². The third-order valence-corrected chi connectivity index (χ3v) is 2.54. The Morgan fingerprint density at radius 1 is 1.36 bits per heavy atom. The Morgan fingerprint density at radius 3 is 2.50 bits per heavy atom. The van der Waals surface area contributed by atoms with E-state index in [0.29, 0.717) is 11.4 Å². The first-order chi connectivity index (χ1) is 6.66. The van der Waals surface area contributed by atoms with Crippen LogP contribution in [0.1, 0.15) is 5.56 Å². The minimum absolute atomic E-state index is 0.177. The third kappa shape index (κ3) is 1.74. The van der Waals surface area contributed by atoms with Gasteiger partial charge in [-0.3, -0.25) is 4.79 Å². The normalized spacial score (nSPS) is 25.4. The molecule has 0 unspecified atom stereocenters. The van der Waals surface area contributed by atoms with Crippen molar-refractivity contribution in [3.05, 3.63) is 34.9 Å². The summed E-state index contributed by atoms with van der Waals surface area (Å²) in [5, 5.41) is 0.698. The first kappa shape index (κ1) is 9.49. The summed E-state index contributed by atoms with van der Waals surface area (Å²) in [5.41, 5.74) is 6.62. The Labute approximate surface area is 86.8 Å². The fourth-order valence-electron chi connectivity index (χ4n) is 1.40. The van der Waals surface area contributed by atoms with Crippen LogP contribution in [0.15, 0.2) is 24.3 Å². The average molecular weight is 212 g/mol. The molecule has 1 fully saturated rings. The fourth-order valence-corrected chi connectivity index (χ4v) is 1.53. The van der Waals surface area contributed by atoms with Crippen LogP contribution in [-0.2, 0) is 16.0 Å². The molecule has 2 N–H and O–H groups in total. The van der Waals surface area contributed by atoms with Crippen molar-refractivity contribution >= 4 is 17.6 Å². The molecule has 2 atom stereocenters. The van der Waals surface area contributed by atoms with Crippen molar-refractivity contribution in [2.75, 3.05) is 0 Å². The molecule has 1 aliphatic heterocycles. The molecule has 74 valence electrons. The van der Waals surface area contributed by atoms with Gasteiger partial charge in [0.2, 0.25) is 0 Å². The number of halogens is 1. The van der Waals surface area contributed by atoms with Crippen LogP contribution in [0.2, 0.25) is 5.02 Å². The van der Waals surface area contributed by atoms with Crippen molar-refractivity contribution in [1.29, 1.82) is 0 Å². The minimum atomic E-state index is -0.467. The van der Waals surface area contributed by atoms with Gasteiger partial charge in [-0.2, -0.15) is 0 Å². The third-order valence-electron chi connectivity index (χ3n) is 2.29. The van der Waals surface area contributed by atoms with Gasteiger partial charge in [0.25, 0.3) is 0 Å². The largest absolute Gasteiger partial charge is 0.458 e. The van der Waals surface area contributed by atoms with E-state index in [1.54, 1.807) is 0 Å². The van der Waals surface area contributed by atoms with Crippen LogP contribution in [0.25, 0.3) is 0 Å². The van der Waals surface area contributed by atoms with Crippen LogP contribution in [0, 0.1) is 0 Å². The molecule has 0 saturated carbocycles. The quantitative estimate of drug-likeness (QED) is 0.747. The SMILES string of the molecule is N[C@@H]1C(=O)O[C@@H]1Cc1ccc(Cl)cc1. The van der Waals surface area contributed by atoms with Gasteiger partial charge in [-0.05, 0) is 17.7 Å². The maximum absolute atomic E-state index is 10.7. The molecule has 1 aliphatic rings.